The molecule has 1 heterocycles. The van der Waals surface area contributed by atoms with Crippen LogP contribution in [0.15, 0.2) is 24.4 Å². The molecule has 0 spiro atoms. The monoisotopic (exact) mass is 217 g/mol. The Morgan fingerprint density at radius 3 is 3.00 bits per heavy atom. The number of anilines is 1. The zero-order valence-electron chi connectivity index (χ0n) is 9.96. The lowest BCUT2D eigenvalue weighted by molar-refractivity contribution is 0.623. The summed E-state index contributed by atoms with van der Waals surface area (Å²) in [6.45, 7) is 4.45. The number of rotatable bonds is 5. The maximum atomic E-state index is 4.03. The van der Waals surface area contributed by atoms with E-state index in [4.69, 9.17) is 0 Å². The zero-order chi connectivity index (χ0) is 11.4. The quantitative estimate of drug-likeness (QED) is 0.804. The van der Waals surface area contributed by atoms with E-state index in [2.05, 4.69) is 47.6 Å². The average Bonchev–Trinajstić information content (AvgIpc) is 2.75. The number of fused-ring (bicyclic) bond motifs is 1. The Labute approximate surface area is 96.2 Å². The highest BCUT2D eigenvalue weighted by Gasteiger charge is 2.05. The van der Waals surface area contributed by atoms with Gasteiger partial charge >= 0.3 is 0 Å². The molecule has 1 aromatic carbocycles. The number of hydrogen-bond donors (Lipinski definition) is 2. The van der Waals surface area contributed by atoms with Gasteiger partial charge in [-0.3, -0.25) is 5.10 Å². The molecule has 0 aliphatic heterocycles. The first-order valence-electron chi connectivity index (χ1n) is 6.03. The van der Waals surface area contributed by atoms with E-state index in [1.807, 2.05) is 6.20 Å². The van der Waals surface area contributed by atoms with Gasteiger partial charge in [0.2, 0.25) is 0 Å². The molecule has 0 radical (unpaired) electrons. The molecule has 86 valence electrons. The molecule has 16 heavy (non-hydrogen) atoms. The molecule has 0 aliphatic rings. The molecule has 0 saturated carbocycles. The third-order valence-corrected chi connectivity index (χ3v) is 2.94. The first kappa shape index (κ1) is 11.0. The number of aromatic amines is 1. The van der Waals surface area contributed by atoms with Crippen molar-refractivity contribution in [3.8, 4) is 0 Å². The second-order valence-electron chi connectivity index (χ2n) is 4.21. The molecule has 0 amide bonds. The van der Waals surface area contributed by atoms with Crippen LogP contribution in [-0.2, 0) is 0 Å². The molecular weight excluding hydrogens is 198 g/mol. The lowest BCUT2D eigenvalue weighted by Gasteiger charge is -2.17. The number of benzene rings is 1. The van der Waals surface area contributed by atoms with Gasteiger partial charge in [0, 0.05) is 17.1 Å². The van der Waals surface area contributed by atoms with Crippen LogP contribution in [0.1, 0.15) is 33.1 Å². The summed E-state index contributed by atoms with van der Waals surface area (Å²) in [6, 6.07) is 6.91. The van der Waals surface area contributed by atoms with Gasteiger partial charge in [0.05, 0.1) is 11.7 Å². The van der Waals surface area contributed by atoms with E-state index < -0.39 is 0 Å². The third kappa shape index (κ3) is 2.35. The van der Waals surface area contributed by atoms with E-state index in [0.717, 1.165) is 17.3 Å². The van der Waals surface area contributed by atoms with Crippen LogP contribution in [0.3, 0.4) is 0 Å². The SMILES string of the molecule is CCCC(CC)Nc1ccc2[nH]ncc2c1. The molecule has 0 bridgehead atoms. The van der Waals surface area contributed by atoms with E-state index in [0.29, 0.717) is 6.04 Å². The van der Waals surface area contributed by atoms with Crippen molar-refractivity contribution in [2.24, 2.45) is 0 Å². The Kier molecular flexibility index (Phi) is 3.44. The minimum absolute atomic E-state index is 0.578. The molecule has 2 aromatic rings. The highest BCUT2D eigenvalue weighted by Crippen LogP contribution is 2.18. The predicted octanol–water partition coefficient (Wildman–Crippen LogP) is 3.55. The number of aromatic nitrogens is 2. The van der Waals surface area contributed by atoms with E-state index in [1.54, 1.807) is 0 Å². The Bertz CT molecular complexity index is 447. The van der Waals surface area contributed by atoms with Gasteiger partial charge < -0.3 is 5.32 Å². The van der Waals surface area contributed by atoms with Gasteiger partial charge in [-0.2, -0.15) is 5.10 Å². The highest BCUT2D eigenvalue weighted by molar-refractivity contribution is 5.81. The minimum atomic E-state index is 0.578. The van der Waals surface area contributed by atoms with E-state index in [9.17, 15) is 0 Å². The smallest absolute Gasteiger partial charge is 0.0651 e. The summed E-state index contributed by atoms with van der Waals surface area (Å²) in [5.74, 6) is 0. The maximum absolute atomic E-state index is 4.03. The summed E-state index contributed by atoms with van der Waals surface area (Å²) in [4.78, 5) is 0. The van der Waals surface area contributed by atoms with E-state index in [1.165, 1.54) is 18.5 Å². The lowest BCUT2D eigenvalue weighted by Crippen LogP contribution is -2.17. The van der Waals surface area contributed by atoms with Gasteiger partial charge in [-0.05, 0) is 31.0 Å². The topological polar surface area (TPSA) is 40.7 Å². The largest absolute Gasteiger partial charge is 0.382 e. The predicted molar refractivity (Wildman–Crippen MR) is 68.7 cm³/mol. The van der Waals surface area contributed by atoms with Crippen molar-refractivity contribution in [1.29, 1.82) is 0 Å². The first-order chi connectivity index (χ1) is 7.83. The third-order valence-electron chi connectivity index (χ3n) is 2.94. The molecule has 1 atom stereocenters. The normalized spacial score (nSPS) is 12.9. The average molecular weight is 217 g/mol. The standard InChI is InChI=1S/C13H19N3/c1-3-5-11(4-2)15-12-6-7-13-10(8-12)9-14-16-13/h6-9,11,15H,3-5H2,1-2H3,(H,14,16). The maximum Gasteiger partial charge on any atom is 0.0651 e. The molecule has 3 nitrogen and oxygen atoms in total. The van der Waals surface area contributed by atoms with Crippen molar-refractivity contribution in [2.75, 3.05) is 5.32 Å². The van der Waals surface area contributed by atoms with E-state index >= 15 is 0 Å². The Balaban J connectivity index is 2.13. The van der Waals surface area contributed by atoms with Crippen molar-refractivity contribution < 1.29 is 0 Å². The highest BCUT2D eigenvalue weighted by atomic mass is 15.1. The molecule has 2 N–H and O–H groups in total. The molecule has 1 aromatic heterocycles. The molecule has 0 aliphatic carbocycles. The molecule has 0 fully saturated rings. The second-order valence-corrected chi connectivity index (χ2v) is 4.21. The van der Waals surface area contributed by atoms with Crippen molar-refractivity contribution >= 4 is 16.6 Å². The molecule has 2 rings (SSSR count). The molecule has 0 saturated heterocycles. The Hall–Kier alpha value is -1.51. The Morgan fingerprint density at radius 1 is 1.38 bits per heavy atom. The molecule has 1 unspecified atom stereocenters. The zero-order valence-corrected chi connectivity index (χ0v) is 9.96. The Morgan fingerprint density at radius 2 is 2.25 bits per heavy atom. The lowest BCUT2D eigenvalue weighted by atomic mass is 10.1. The summed E-state index contributed by atoms with van der Waals surface area (Å²) in [5, 5.41) is 11.7. The number of nitrogens with one attached hydrogen (secondary N) is 2. The van der Waals surface area contributed by atoms with Crippen molar-refractivity contribution in [2.45, 2.75) is 39.2 Å². The van der Waals surface area contributed by atoms with Gasteiger partial charge in [0.15, 0.2) is 0 Å². The summed E-state index contributed by atoms with van der Waals surface area (Å²) in [7, 11) is 0. The summed E-state index contributed by atoms with van der Waals surface area (Å²) < 4.78 is 0. The van der Waals surface area contributed by atoms with Gasteiger partial charge in [0.25, 0.3) is 0 Å². The van der Waals surface area contributed by atoms with Crippen LogP contribution in [0.25, 0.3) is 10.9 Å². The number of nitrogens with zero attached hydrogens (tertiary/aromatic N) is 1. The van der Waals surface area contributed by atoms with Gasteiger partial charge in [0.1, 0.15) is 0 Å². The van der Waals surface area contributed by atoms with Crippen molar-refractivity contribution in [1.82, 2.24) is 10.2 Å². The van der Waals surface area contributed by atoms with Crippen molar-refractivity contribution in [3.63, 3.8) is 0 Å². The van der Waals surface area contributed by atoms with Crippen LogP contribution in [0.5, 0.6) is 0 Å². The first-order valence-corrected chi connectivity index (χ1v) is 6.03. The summed E-state index contributed by atoms with van der Waals surface area (Å²) >= 11 is 0. The van der Waals surface area contributed by atoms with Crippen molar-refractivity contribution in [3.05, 3.63) is 24.4 Å². The van der Waals surface area contributed by atoms with Crippen LogP contribution < -0.4 is 5.32 Å². The van der Waals surface area contributed by atoms with Crippen LogP contribution in [0, 0.1) is 0 Å². The van der Waals surface area contributed by atoms with Crippen LogP contribution in [0.4, 0.5) is 5.69 Å². The van der Waals surface area contributed by atoms with E-state index in [-0.39, 0.29) is 0 Å². The molecular formula is C13H19N3. The minimum Gasteiger partial charge on any atom is -0.382 e. The van der Waals surface area contributed by atoms with Crippen LogP contribution >= 0.6 is 0 Å². The number of hydrogen-bond acceptors (Lipinski definition) is 2. The second kappa shape index (κ2) is 5.01. The molecule has 3 heteroatoms. The fourth-order valence-corrected chi connectivity index (χ4v) is 2.00. The van der Waals surface area contributed by atoms with Gasteiger partial charge in [-0.15, -0.1) is 0 Å². The van der Waals surface area contributed by atoms with Crippen LogP contribution in [-0.4, -0.2) is 16.2 Å². The fourth-order valence-electron chi connectivity index (χ4n) is 2.00. The van der Waals surface area contributed by atoms with Crippen LogP contribution in [0.2, 0.25) is 0 Å². The number of H-pyrrole nitrogens is 1. The van der Waals surface area contributed by atoms with Gasteiger partial charge in [-0.1, -0.05) is 20.3 Å². The summed E-state index contributed by atoms with van der Waals surface area (Å²) in [6.07, 6.45) is 5.47. The van der Waals surface area contributed by atoms with Gasteiger partial charge in [-0.25, -0.2) is 0 Å². The fraction of sp³-hybridized carbons (Fsp3) is 0.462. The summed E-state index contributed by atoms with van der Waals surface area (Å²) in [5.41, 5.74) is 2.28.